The fraction of sp³-hybridized carbons (Fsp3) is 0.368. The molecule has 0 spiro atoms. The predicted molar refractivity (Wildman–Crippen MR) is 98.4 cm³/mol. The van der Waals surface area contributed by atoms with Crippen LogP contribution in [0.2, 0.25) is 0 Å². The second kappa shape index (κ2) is 9.75. The van der Waals surface area contributed by atoms with Crippen LogP contribution in [0.15, 0.2) is 48.9 Å². The summed E-state index contributed by atoms with van der Waals surface area (Å²) in [6.45, 7) is 3.44. The van der Waals surface area contributed by atoms with Crippen LogP contribution >= 0.6 is 0 Å². The minimum absolute atomic E-state index is 0.0751. The highest BCUT2D eigenvalue weighted by Gasteiger charge is 2.27. The first kappa shape index (κ1) is 20.5. The smallest absolute Gasteiger partial charge is 0.272 e. The first-order valence-corrected chi connectivity index (χ1v) is 8.65. The fourth-order valence-electron chi connectivity index (χ4n) is 2.40. The van der Waals surface area contributed by atoms with Crippen molar-refractivity contribution < 1.29 is 19.8 Å². The maximum Gasteiger partial charge on any atom is 0.272 e. The van der Waals surface area contributed by atoms with Crippen LogP contribution in [0.4, 0.5) is 0 Å². The molecule has 0 aliphatic heterocycles. The highest BCUT2D eigenvalue weighted by molar-refractivity contribution is 5.96. The van der Waals surface area contributed by atoms with Crippen LogP contribution in [0.1, 0.15) is 29.9 Å². The summed E-state index contributed by atoms with van der Waals surface area (Å²) in [5.74, 6) is -1.41. The van der Waals surface area contributed by atoms with E-state index in [1.54, 1.807) is 13.8 Å². The number of rotatable bonds is 8. The minimum Gasteiger partial charge on any atom is -0.388 e. The van der Waals surface area contributed by atoms with Crippen molar-refractivity contribution in [1.82, 2.24) is 20.6 Å². The molecule has 3 atom stereocenters. The molecule has 8 nitrogen and oxygen atoms in total. The van der Waals surface area contributed by atoms with Crippen molar-refractivity contribution in [3.05, 3.63) is 60.2 Å². The average Bonchev–Trinajstić information content (AvgIpc) is 2.68. The largest absolute Gasteiger partial charge is 0.388 e. The summed E-state index contributed by atoms with van der Waals surface area (Å²) >= 11 is 0. The van der Waals surface area contributed by atoms with Crippen molar-refractivity contribution in [2.75, 3.05) is 0 Å². The van der Waals surface area contributed by atoms with E-state index in [0.29, 0.717) is 0 Å². The van der Waals surface area contributed by atoms with Gasteiger partial charge < -0.3 is 20.8 Å². The lowest BCUT2D eigenvalue weighted by Gasteiger charge is -2.25. The zero-order chi connectivity index (χ0) is 19.8. The van der Waals surface area contributed by atoms with Gasteiger partial charge in [-0.15, -0.1) is 0 Å². The van der Waals surface area contributed by atoms with Crippen LogP contribution in [0, 0.1) is 5.92 Å². The molecular formula is C19H24N4O4. The molecule has 8 heteroatoms. The van der Waals surface area contributed by atoms with Gasteiger partial charge in [-0.05, 0) is 11.5 Å². The Morgan fingerprint density at radius 3 is 2.37 bits per heavy atom. The van der Waals surface area contributed by atoms with Crippen LogP contribution in [0.25, 0.3) is 0 Å². The van der Waals surface area contributed by atoms with E-state index in [0.717, 1.165) is 5.56 Å². The third-order valence-corrected chi connectivity index (χ3v) is 4.00. The number of hydrogen-bond donors (Lipinski definition) is 4. The molecule has 27 heavy (non-hydrogen) atoms. The van der Waals surface area contributed by atoms with Crippen LogP contribution < -0.4 is 10.6 Å². The molecule has 2 amide bonds. The van der Waals surface area contributed by atoms with Crippen LogP contribution in [-0.4, -0.2) is 50.4 Å². The molecule has 1 aromatic heterocycles. The van der Waals surface area contributed by atoms with E-state index in [-0.39, 0.29) is 18.0 Å². The lowest BCUT2D eigenvalue weighted by Crippen LogP contribution is -2.54. The SMILES string of the molecule is CC(C)C(O)[C@@H](O)NC(=O)[C@H](Cc1ccccc1)NC(=O)c1cnccn1. The summed E-state index contributed by atoms with van der Waals surface area (Å²) in [5, 5.41) is 24.9. The van der Waals surface area contributed by atoms with Gasteiger partial charge >= 0.3 is 0 Å². The summed E-state index contributed by atoms with van der Waals surface area (Å²) in [6, 6.07) is 8.19. The van der Waals surface area contributed by atoms with E-state index in [1.807, 2.05) is 30.3 Å². The summed E-state index contributed by atoms with van der Waals surface area (Å²) in [6.07, 6.45) is 1.76. The summed E-state index contributed by atoms with van der Waals surface area (Å²) < 4.78 is 0. The Morgan fingerprint density at radius 2 is 1.78 bits per heavy atom. The molecule has 0 fully saturated rings. The third kappa shape index (κ3) is 6.12. The molecule has 0 aliphatic carbocycles. The Bertz CT molecular complexity index is 740. The van der Waals surface area contributed by atoms with Gasteiger partial charge in [0.1, 0.15) is 17.8 Å². The van der Waals surface area contributed by atoms with E-state index >= 15 is 0 Å². The van der Waals surface area contributed by atoms with Gasteiger partial charge in [-0.2, -0.15) is 0 Å². The Labute approximate surface area is 157 Å². The van der Waals surface area contributed by atoms with Gasteiger partial charge in [-0.1, -0.05) is 44.2 Å². The van der Waals surface area contributed by atoms with Crippen molar-refractivity contribution in [2.45, 2.75) is 38.6 Å². The number of benzene rings is 1. The summed E-state index contributed by atoms with van der Waals surface area (Å²) in [4.78, 5) is 32.7. The van der Waals surface area contributed by atoms with Crippen LogP contribution in [0.3, 0.4) is 0 Å². The highest BCUT2D eigenvalue weighted by atomic mass is 16.3. The third-order valence-electron chi connectivity index (χ3n) is 4.00. The van der Waals surface area contributed by atoms with E-state index in [1.165, 1.54) is 18.6 Å². The Morgan fingerprint density at radius 1 is 1.07 bits per heavy atom. The van der Waals surface area contributed by atoms with E-state index in [9.17, 15) is 19.8 Å². The van der Waals surface area contributed by atoms with Crippen molar-refractivity contribution in [2.24, 2.45) is 5.92 Å². The number of carbonyl (C=O) groups is 2. The predicted octanol–water partition coefficient (Wildman–Crippen LogP) is 0.269. The second-order valence-electron chi connectivity index (χ2n) is 6.49. The van der Waals surface area contributed by atoms with Crippen LogP contribution in [0.5, 0.6) is 0 Å². The first-order chi connectivity index (χ1) is 12.9. The fourth-order valence-corrected chi connectivity index (χ4v) is 2.40. The molecule has 0 saturated carbocycles. The Kier molecular flexibility index (Phi) is 7.39. The molecule has 2 rings (SSSR count). The van der Waals surface area contributed by atoms with Gasteiger partial charge in [-0.3, -0.25) is 14.6 Å². The monoisotopic (exact) mass is 372 g/mol. The molecule has 2 aromatic rings. The van der Waals surface area contributed by atoms with Gasteiger partial charge in [-0.25, -0.2) is 4.98 Å². The maximum atomic E-state index is 12.6. The van der Waals surface area contributed by atoms with Gasteiger partial charge in [0.2, 0.25) is 5.91 Å². The highest BCUT2D eigenvalue weighted by Crippen LogP contribution is 2.07. The van der Waals surface area contributed by atoms with Crippen molar-refractivity contribution >= 4 is 11.8 Å². The topological polar surface area (TPSA) is 124 Å². The second-order valence-corrected chi connectivity index (χ2v) is 6.49. The normalized spacial score (nSPS) is 14.3. The lowest BCUT2D eigenvalue weighted by molar-refractivity contribution is -0.129. The number of amides is 2. The molecule has 0 saturated heterocycles. The molecule has 1 unspecified atom stereocenters. The molecule has 1 aromatic carbocycles. The standard InChI is InChI=1S/C19H24N4O4/c1-12(2)16(24)19(27)23-17(25)14(10-13-6-4-3-5-7-13)22-18(26)15-11-20-8-9-21-15/h3-9,11-12,14,16,19,24,27H,10H2,1-2H3,(H,22,26)(H,23,25)/t14-,16?,19+/m0/s1. The number of nitrogens with zero attached hydrogens (tertiary/aromatic N) is 2. The quantitative estimate of drug-likeness (QED) is 0.493. The zero-order valence-corrected chi connectivity index (χ0v) is 15.2. The number of carbonyl (C=O) groups excluding carboxylic acids is 2. The number of aromatic nitrogens is 2. The summed E-state index contributed by atoms with van der Waals surface area (Å²) in [7, 11) is 0. The molecule has 0 radical (unpaired) electrons. The lowest BCUT2D eigenvalue weighted by atomic mass is 10.0. The van der Waals surface area contributed by atoms with Gasteiger partial charge in [0.05, 0.1) is 6.20 Å². The average molecular weight is 372 g/mol. The zero-order valence-electron chi connectivity index (χ0n) is 15.2. The van der Waals surface area contributed by atoms with Crippen molar-refractivity contribution in [3.63, 3.8) is 0 Å². The van der Waals surface area contributed by atoms with Gasteiger partial charge in [0.25, 0.3) is 5.91 Å². The molecule has 0 bridgehead atoms. The first-order valence-electron chi connectivity index (χ1n) is 8.65. The molecule has 0 aliphatic rings. The van der Waals surface area contributed by atoms with Gasteiger partial charge in [0, 0.05) is 18.8 Å². The number of nitrogens with one attached hydrogen (secondary N) is 2. The van der Waals surface area contributed by atoms with E-state index in [2.05, 4.69) is 20.6 Å². The van der Waals surface area contributed by atoms with Crippen LogP contribution in [-0.2, 0) is 11.2 Å². The van der Waals surface area contributed by atoms with Crippen molar-refractivity contribution in [1.29, 1.82) is 0 Å². The van der Waals surface area contributed by atoms with Gasteiger partial charge in [0.15, 0.2) is 6.23 Å². The van der Waals surface area contributed by atoms with E-state index in [4.69, 9.17) is 0 Å². The molecular weight excluding hydrogens is 348 g/mol. The van der Waals surface area contributed by atoms with Crippen molar-refractivity contribution in [3.8, 4) is 0 Å². The number of hydrogen-bond acceptors (Lipinski definition) is 6. The molecule has 144 valence electrons. The Hall–Kier alpha value is -2.84. The maximum absolute atomic E-state index is 12.6. The summed E-state index contributed by atoms with van der Waals surface area (Å²) in [5.41, 5.74) is 0.905. The number of aliphatic hydroxyl groups excluding tert-OH is 2. The molecule has 1 heterocycles. The van der Waals surface area contributed by atoms with E-state index < -0.39 is 30.2 Å². The minimum atomic E-state index is -1.44. The Balaban J connectivity index is 2.13. The molecule has 4 N–H and O–H groups in total. The number of aliphatic hydroxyl groups is 2.